The van der Waals surface area contributed by atoms with Crippen molar-refractivity contribution in [3.05, 3.63) is 32.5 Å². The van der Waals surface area contributed by atoms with Gasteiger partial charge in [-0.3, -0.25) is 4.79 Å². The van der Waals surface area contributed by atoms with E-state index in [1.54, 1.807) is 11.3 Å². The summed E-state index contributed by atoms with van der Waals surface area (Å²) in [4.78, 5) is 16.9. The molecule has 0 spiro atoms. The first-order valence-electron chi connectivity index (χ1n) is 6.94. The highest BCUT2D eigenvalue weighted by molar-refractivity contribution is 7.10. The van der Waals surface area contributed by atoms with Crippen LogP contribution in [0.1, 0.15) is 52.1 Å². The third-order valence-electron chi connectivity index (χ3n) is 3.83. The standard InChI is InChI=1S/C14H17N3OS2/c1-3-10-13(20-16-15-10)14(18)17-7-5-12-9(6-8-19-12)11(17)4-2/h6,8,11H,3-5,7H2,1-2H3. The Balaban J connectivity index is 1.92. The van der Waals surface area contributed by atoms with E-state index in [2.05, 4.69) is 28.0 Å². The third-order valence-corrected chi connectivity index (χ3v) is 5.58. The molecule has 0 bridgehead atoms. The topological polar surface area (TPSA) is 46.1 Å². The molecule has 1 unspecified atom stereocenters. The number of carbonyl (C=O) groups is 1. The van der Waals surface area contributed by atoms with Gasteiger partial charge in [0.15, 0.2) is 0 Å². The SMILES string of the molecule is CCc1nnsc1C(=O)N1CCc2sccc2C1CC. The first-order chi connectivity index (χ1) is 9.76. The van der Waals surface area contributed by atoms with Gasteiger partial charge in [0.05, 0.1) is 11.7 Å². The molecule has 1 aliphatic heterocycles. The largest absolute Gasteiger partial charge is 0.330 e. The van der Waals surface area contributed by atoms with Gasteiger partial charge in [-0.2, -0.15) is 0 Å². The highest BCUT2D eigenvalue weighted by atomic mass is 32.1. The second-order valence-electron chi connectivity index (χ2n) is 4.87. The van der Waals surface area contributed by atoms with E-state index in [1.165, 1.54) is 22.0 Å². The molecule has 0 fully saturated rings. The maximum atomic E-state index is 12.8. The van der Waals surface area contributed by atoms with E-state index in [9.17, 15) is 4.79 Å². The van der Waals surface area contributed by atoms with Crippen molar-refractivity contribution in [2.45, 2.75) is 39.2 Å². The van der Waals surface area contributed by atoms with Gasteiger partial charge in [-0.1, -0.05) is 18.3 Å². The smallest absolute Gasteiger partial charge is 0.268 e. The van der Waals surface area contributed by atoms with Gasteiger partial charge in [0.1, 0.15) is 4.88 Å². The zero-order chi connectivity index (χ0) is 14.1. The number of rotatable bonds is 3. The van der Waals surface area contributed by atoms with Crippen molar-refractivity contribution in [2.24, 2.45) is 0 Å². The number of aryl methyl sites for hydroxylation is 1. The average Bonchev–Trinajstić information content (AvgIpc) is 3.13. The molecule has 1 amide bonds. The van der Waals surface area contributed by atoms with Crippen LogP contribution < -0.4 is 0 Å². The van der Waals surface area contributed by atoms with E-state index in [-0.39, 0.29) is 11.9 Å². The Morgan fingerprint density at radius 1 is 1.50 bits per heavy atom. The minimum atomic E-state index is 0.0977. The molecule has 0 N–H and O–H groups in total. The van der Waals surface area contributed by atoms with Crippen molar-refractivity contribution in [3.8, 4) is 0 Å². The Bertz CT molecular complexity index is 619. The maximum Gasteiger partial charge on any atom is 0.268 e. The van der Waals surface area contributed by atoms with Crippen molar-refractivity contribution in [1.29, 1.82) is 0 Å². The molecule has 0 saturated carbocycles. The zero-order valence-corrected chi connectivity index (χ0v) is 13.3. The third kappa shape index (κ3) is 2.16. The van der Waals surface area contributed by atoms with Crippen molar-refractivity contribution in [3.63, 3.8) is 0 Å². The van der Waals surface area contributed by atoms with Crippen LogP contribution in [-0.2, 0) is 12.8 Å². The van der Waals surface area contributed by atoms with Crippen LogP contribution in [0.25, 0.3) is 0 Å². The van der Waals surface area contributed by atoms with E-state index in [0.717, 1.165) is 31.5 Å². The number of hydrogen-bond acceptors (Lipinski definition) is 5. The Hall–Kier alpha value is -1.27. The van der Waals surface area contributed by atoms with E-state index in [0.29, 0.717) is 4.88 Å². The van der Waals surface area contributed by atoms with Gasteiger partial charge in [-0.15, -0.1) is 16.4 Å². The van der Waals surface area contributed by atoms with E-state index >= 15 is 0 Å². The fourth-order valence-electron chi connectivity index (χ4n) is 2.81. The molecule has 0 radical (unpaired) electrons. The molecule has 0 aliphatic carbocycles. The summed E-state index contributed by atoms with van der Waals surface area (Å²) in [5.74, 6) is 0.0977. The van der Waals surface area contributed by atoms with Gasteiger partial charge in [-0.05, 0) is 47.8 Å². The molecule has 3 rings (SSSR count). The predicted octanol–water partition coefficient (Wildman–Crippen LogP) is 3.31. The molecular formula is C14H17N3OS2. The first-order valence-corrected chi connectivity index (χ1v) is 8.60. The maximum absolute atomic E-state index is 12.8. The molecule has 4 nitrogen and oxygen atoms in total. The summed E-state index contributed by atoms with van der Waals surface area (Å²) >= 11 is 3.03. The van der Waals surface area contributed by atoms with Crippen molar-refractivity contribution >= 4 is 28.8 Å². The van der Waals surface area contributed by atoms with E-state index < -0.39 is 0 Å². The molecule has 106 valence electrons. The number of hydrogen-bond donors (Lipinski definition) is 0. The van der Waals surface area contributed by atoms with E-state index in [4.69, 9.17) is 0 Å². The van der Waals surface area contributed by atoms with Crippen molar-refractivity contribution in [1.82, 2.24) is 14.5 Å². The summed E-state index contributed by atoms with van der Waals surface area (Å²) < 4.78 is 3.94. The highest BCUT2D eigenvalue weighted by Crippen LogP contribution is 2.36. The van der Waals surface area contributed by atoms with Gasteiger partial charge in [0, 0.05) is 11.4 Å². The predicted molar refractivity (Wildman–Crippen MR) is 81.4 cm³/mol. The first kappa shape index (κ1) is 13.7. The number of carbonyl (C=O) groups excluding carboxylic acids is 1. The number of fused-ring (bicyclic) bond motifs is 1. The van der Waals surface area contributed by atoms with Gasteiger partial charge >= 0.3 is 0 Å². The number of nitrogens with zero attached hydrogens (tertiary/aromatic N) is 3. The molecule has 1 atom stereocenters. The molecule has 2 aromatic rings. The Labute approximate surface area is 126 Å². The van der Waals surface area contributed by atoms with Gasteiger partial charge in [0.25, 0.3) is 5.91 Å². The van der Waals surface area contributed by atoms with Crippen LogP contribution in [0.4, 0.5) is 0 Å². The molecular weight excluding hydrogens is 290 g/mol. The zero-order valence-electron chi connectivity index (χ0n) is 11.6. The number of aromatic nitrogens is 2. The Kier molecular flexibility index (Phi) is 3.85. The molecule has 2 aromatic heterocycles. The minimum absolute atomic E-state index is 0.0977. The summed E-state index contributed by atoms with van der Waals surface area (Å²) in [6, 6.07) is 2.36. The lowest BCUT2D eigenvalue weighted by Crippen LogP contribution is -2.39. The van der Waals surface area contributed by atoms with Crippen LogP contribution in [0.15, 0.2) is 11.4 Å². The summed E-state index contributed by atoms with van der Waals surface area (Å²) in [6.45, 7) is 4.95. The summed E-state index contributed by atoms with van der Waals surface area (Å²) in [5.41, 5.74) is 2.15. The molecule has 1 aliphatic rings. The fourth-order valence-corrected chi connectivity index (χ4v) is 4.45. The number of thiophene rings is 1. The van der Waals surface area contributed by atoms with Crippen LogP contribution in [0.5, 0.6) is 0 Å². The van der Waals surface area contributed by atoms with Crippen LogP contribution >= 0.6 is 22.9 Å². The van der Waals surface area contributed by atoms with Crippen LogP contribution in [0.3, 0.4) is 0 Å². The summed E-state index contributed by atoms with van der Waals surface area (Å²) in [7, 11) is 0. The minimum Gasteiger partial charge on any atom is -0.330 e. The van der Waals surface area contributed by atoms with Crippen LogP contribution in [0.2, 0.25) is 0 Å². The Morgan fingerprint density at radius 3 is 3.10 bits per heavy atom. The number of amides is 1. The van der Waals surface area contributed by atoms with Crippen molar-refractivity contribution < 1.29 is 4.79 Å². The lowest BCUT2D eigenvalue weighted by Gasteiger charge is -2.35. The van der Waals surface area contributed by atoms with Crippen LogP contribution in [0, 0.1) is 0 Å². The average molecular weight is 307 g/mol. The monoisotopic (exact) mass is 307 g/mol. The lowest BCUT2D eigenvalue weighted by molar-refractivity contribution is 0.0661. The molecule has 20 heavy (non-hydrogen) atoms. The summed E-state index contributed by atoms with van der Waals surface area (Å²) in [5, 5.41) is 6.19. The van der Waals surface area contributed by atoms with Gasteiger partial charge in [0.2, 0.25) is 0 Å². The quantitative estimate of drug-likeness (QED) is 0.874. The van der Waals surface area contributed by atoms with Crippen molar-refractivity contribution in [2.75, 3.05) is 6.54 Å². The Morgan fingerprint density at radius 2 is 2.35 bits per heavy atom. The molecule has 0 saturated heterocycles. The van der Waals surface area contributed by atoms with Gasteiger partial charge in [-0.25, -0.2) is 0 Å². The fraction of sp³-hybridized carbons (Fsp3) is 0.500. The normalized spacial score (nSPS) is 18.1. The lowest BCUT2D eigenvalue weighted by atomic mass is 9.97. The second kappa shape index (κ2) is 5.61. The second-order valence-corrected chi connectivity index (χ2v) is 6.63. The highest BCUT2D eigenvalue weighted by Gasteiger charge is 2.32. The van der Waals surface area contributed by atoms with Crippen LogP contribution in [-0.4, -0.2) is 26.9 Å². The molecule has 0 aromatic carbocycles. The van der Waals surface area contributed by atoms with Gasteiger partial charge < -0.3 is 4.90 Å². The molecule has 3 heterocycles. The van der Waals surface area contributed by atoms with E-state index in [1.807, 2.05) is 11.8 Å². The summed E-state index contributed by atoms with van der Waals surface area (Å²) in [6.07, 6.45) is 2.66. The molecule has 6 heteroatoms.